The van der Waals surface area contributed by atoms with Gasteiger partial charge in [0.15, 0.2) is 18.9 Å². The lowest BCUT2D eigenvalue weighted by Crippen LogP contribution is -2.69. The van der Waals surface area contributed by atoms with Crippen molar-refractivity contribution >= 4 is 5.91 Å². The number of nitrogens with two attached hydrogens (primary N) is 6. The maximum Gasteiger partial charge on any atom is 0.252 e. The Hall–Kier alpha value is -1.29. The van der Waals surface area contributed by atoms with Crippen LogP contribution >= 0.6 is 0 Å². The van der Waals surface area contributed by atoms with E-state index < -0.39 is 128 Å². The van der Waals surface area contributed by atoms with Gasteiger partial charge < -0.3 is 104 Å². The maximum atomic E-state index is 13.0. The SMILES string of the molecule is NC[C@@H]1C[C@@H](O)C(N)[C@@H](O[C@H]2[C@H](O[C@@H]3O[C@H](CO)[C@@H](O[C@H]4O[C@@H](CN)[C@@H](O)[C@H](O)[C@H]4N)[C@H]3O)[C@@H](O)[C@H](NC(=O)C3(O)CC(N)C3)C[C@@H]2N)O1. The molecule has 5 fully saturated rings. The second kappa shape index (κ2) is 15.8. The minimum Gasteiger partial charge on any atom is -0.394 e. The van der Waals surface area contributed by atoms with Gasteiger partial charge in [-0.15, -0.1) is 0 Å². The summed E-state index contributed by atoms with van der Waals surface area (Å²) in [6.07, 6.45) is -18.4. The minimum atomic E-state index is -1.73. The third-order valence-electron chi connectivity index (χ3n) is 10.1. The molecule has 2 saturated carbocycles. The number of aliphatic hydroxyl groups excluding tert-OH is 6. The van der Waals surface area contributed by atoms with Crippen molar-refractivity contribution in [2.24, 2.45) is 34.4 Å². The van der Waals surface area contributed by atoms with E-state index in [1.54, 1.807) is 0 Å². The fourth-order valence-electron chi connectivity index (χ4n) is 7.10. The van der Waals surface area contributed by atoms with E-state index >= 15 is 0 Å². The number of ether oxygens (including phenoxy) is 6. The molecule has 284 valence electrons. The van der Waals surface area contributed by atoms with Crippen molar-refractivity contribution in [2.75, 3.05) is 19.7 Å². The number of aliphatic hydroxyl groups is 7. The van der Waals surface area contributed by atoms with Crippen molar-refractivity contribution in [1.82, 2.24) is 5.32 Å². The van der Waals surface area contributed by atoms with E-state index in [2.05, 4.69) is 5.32 Å². The highest BCUT2D eigenvalue weighted by Crippen LogP contribution is 2.36. The number of nitrogens with one attached hydrogen (secondary N) is 1. The van der Waals surface area contributed by atoms with E-state index in [0.29, 0.717) is 0 Å². The normalized spacial score (nSPS) is 52.1. The fraction of sp³-hybridized carbons (Fsp3) is 0.964. The number of rotatable bonds is 11. The molecule has 0 bridgehead atoms. The maximum absolute atomic E-state index is 13.0. The minimum absolute atomic E-state index is 0.0172. The van der Waals surface area contributed by atoms with Crippen molar-refractivity contribution in [3.63, 3.8) is 0 Å². The number of carbonyl (C=O) groups is 1. The molecule has 3 heterocycles. The van der Waals surface area contributed by atoms with Gasteiger partial charge in [-0.25, -0.2) is 0 Å². The summed E-state index contributed by atoms with van der Waals surface area (Å²) in [5, 5.41) is 77.5. The van der Waals surface area contributed by atoms with E-state index in [1.165, 1.54) is 0 Å². The van der Waals surface area contributed by atoms with Crippen molar-refractivity contribution in [1.29, 1.82) is 0 Å². The molecular formula is C28H53N7O14. The van der Waals surface area contributed by atoms with Crippen LogP contribution in [0.3, 0.4) is 0 Å². The molecule has 20 N–H and O–H groups in total. The molecule has 1 unspecified atom stereocenters. The standard InChI is InChI=1S/C28H53N7O14/c29-5-9-1-12(37)15(33)24(44-9)47-21-10(32)2-11(35-27(42)28(43)3-8(31)4-28)17(38)23(21)49-26-20(41)22(14(7-36)46-26)48-25-16(34)19(40)18(39)13(6-30)45-25/h8-26,36-41,43H,1-7,29-34H2,(H,35,42)/t8?,9-,10-,11+,12+,13-,14+,15?,16+,17-,18+,19+,20+,21+,22+,23+,24+,25+,26-,28?/m0/s1. The molecule has 5 aliphatic rings. The predicted octanol–water partition coefficient (Wildman–Crippen LogP) is -8.86. The topological polar surface area (TPSA) is 382 Å². The van der Waals surface area contributed by atoms with E-state index in [0.717, 1.165) is 0 Å². The first-order valence-corrected chi connectivity index (χ1v) is 16.5. The summed E-state index contributed by atoms with van der Waals surface area (Å²) in [6, 6.07) is -4.77. The monoisotopic (exact) mass is 711 g/mol. The van der Waals surface area contributed by atoms with Gasteiger partial charge in [0, 0.05) is 44.4 Å². The van der Waals surface area contributed by atoms with Crippen molar-refractivity contribution in [3.8, 4) is 0 Å². The van der Waals surface area contributed by atoms with Gasteiger partial charge in [0.05, 0.1) is 36.9 Å². The quantitative estimate of drug-likeness (QED) is 0.0945. The van der Waals surface area contributed by atoms with Crippen LogP contribution in [0.15, 0.2) is 0 Å². The molecule has 18 atom stereocenters. The first-order chi connectivity index (χ1) is 23.1. The molecule has 1 amide bonds. The zero-order chi connectivity index (χ0) is 35.9. The van der Waals surface area contributed by atoms with Crippen LogP contribution in [0.4, 0.5) is 0 Å². The molecule has 0 aromatic heterocycles. The summed E-state index contributed by atoms with van der Waals surface area (Å²) >= 11 is 0. The summed E-state index contributed by atoms with van der Waals surface area (Å²) in [6.45, 7) is -0.833. The Morgan fingerprint density at radius 1 is 0.735 bits per heavy atom. The summed E-state index contributed by atoms with van der Waals surface area (Å²) in [5.74, 6) is -0.770. The lowest BCUT2D eigenvalue weighted by Gasteiger charge is -2.48. The predicted molar refractivity (Wildman–Crippen MR) is 163 cm³/mol. The van der Waals surface area contributed by atoms with Gasteiger partial charge in [0.25, 0.3) is 5.91 Å². The van der Waals surface area contributed by atoms with E-state index in [-0.39, 0.29) is 44.8 Å². The molecule has 21 nitrogen and oxygen atoms in total. The largest absolute Gasteiger partial charge is 0.394 e. The van der Waals surface area contributed by atoms with Gasteiger partial charge in [-0.2, -0.15) is 0 Å². The van der Waals surface area contributed by atoms with Crippen molar-refractivity contribution in [2.45, 2.75) is 148 Å². The number of hydrogen-bond acceptors (Lipinski definition) is 20. The molecular weight excluding hydrogens is 658 g/mol. The van der Waals surface area contributed by atoms with Crippen molar-refractivity contribution < 1.29 is 69.0 Å². The summed E-state index contributed by atoms with van der Waals surface area (Å²) < 4.78 is 35.4. The highest BCUT2D eigenvalue weighted by Gasteiger charge is 2.55. The fourth-order valence-corrected chi connectivity index (χ4v) is 7.10. The van der Waals surface area contributed by atoms with Gasteiger partial charge in [-0.3, -0.25) is 4.79 Å². The summed E-state index contributed by atoms with van der Waals surface area (Å²) in [7, 11) is 0. The van der Waals surface area contributed by atoms with Crippen molar-refractivity contribution in [3.05, 3.63) is 0 Å². The number of carbonyl (C=O) groups excluding carboxylic acids is 1. The Bertz CT molecular complexity index is 1110. The van der Waals surface area contributed by atoms with Crippen LogP contribution in [0.2, 0.25) is 0 Å². The van der Waals surface area contributed by atoms with Crippen LogP contribution in [0, 0.1) is 0 Å². The second-order valence-electron chi connectivity index (χ2n) is 13.8. The molecule has 0 radical (unpaired) electrons. The van der Waals surface area contributed by atoms with Gasteiger partial charge in [0.1, 0.15) is 60.5 Å². The smallest absolute Gasteiger partial charge is 0.252 e. The van der Waals surface area contributed by atoms with Crippen LogP contribution < -0.4 is 39.7 Å². The lowest BCUT2D eigenvalue weighted by atomic mass is 9.75. The average molecular weight is 712 g/mol. The van der Waals surface area contributed by atoms with Gasteiger partial charge >= 0.3 is 0 Å². The average Bonchev–Trinajstić information content (AvgIpc) is 3.35. The Morgan fingerprint density at radius 3 is 1.96 bits per heavy atom. The molecule has 0 aromatic rings. The molecule has 21 heteroatoms. The summed E-state index contributed by atoms with van der Waals surface area (Å²) in [5.41, 5.74) is 34.2. The number of hydrogen-bond donors (Lipinski definition) is 14. The van der Waals surface area contributed by atoms with Gasteiger partial charge in [-0.1, -0.05) is 0 Å². The molecule has 5 rings (SSSR count). The van der Waals surface area contributed by atoms with Crippen LogP contribution in [0.25, 0.3) is 0 Å². The Morgan fingerprint density at radius 2 is 1.35 bits per heavy atom. The third-order valence-corrected chi connectivity index (χ3v) is 10.1. The zero-order valence-corrected chi connectivity index (χ0v) is 26.9. The number of amides is 1. The highest BCUT2D eigenvalue weighted by molar-refractivity contribution is 5.86. The van der Waals surface area contributed by atoms with E-state index in [1.807, 2.05) is 0 Å². The molecule has 3 saturated heterocycles. The molecule has 3 aliphatic heterocycles. The molecule has 49 heavy (non-hydrogen) atoms. The Labute approximate surface area is 282 Å². The van der Waals surface area contributed by atoms with E-state index in [4.69, 9.17) is 62.8 Å². The third kappa shape index (κ3) is 7.90. The lowest BCUT2D eigenvalue weighted by molar-refractivity contribution is -0.295. The van der Waals surface area contributed by atoms with Gasteiger partial charge in [-0.05, 0) is 6.42 Å². The van der Waals surface area contributed by atoms with Crippen LogP contribution in [-0.4, -0.2) is 183 Å². The molecule has 2 aliphatic carbocycles. The summed E-state index contributed by atoms with van der Waals surface area (Å²) in [4.78, 5) is 13.0. The van der Waals surface area contributed by atoms with Crippen LogP contribution in [0.1, 0.15) is 25.7 Å². The Kier molecular flexibility index (Phi) is 12.5. The second-order valence-corrected chi connectivity index (χ2v) is 13.8. The highest BCUT2D eigenvalue weighted by atomic mass is 16.8. The first kappa shape index (κ1) is 38.9. The molecule has 0 aromatic carbocycles. The first-order valence-electron chi connectivity index (χ1n) is 16.5. The molecule has 0 spiro atoms. The zero-order valence-electron chi connectivity index (χ0n) is 26.9. The van der Waals surface area contributed by atoms with Crippen LogP contribution in [-0.2, 0) is 33.2 Å². The van der Waals surface area contributed by atoms with Crippen LogP contribution in [0.5, 0.6) is 0 Å². The Balaban J connectivity index is 1.36. The van der Waals surface area contributed by atoms with E-state index in [9.17, 15) is 40.5 Å². The van der Waals surface area contributed by atoms with Gasteiger partial charge in [0.2, 0.25) is 0 Å².